The van der Waals surface area contributed by atoms with Crippen molar-refractivity contribution in [2.24, 2.45) is 0 Å². The summed E-state index contributed by atoms with van der Waals surface area (Å²) < 4.78 is 2.01. The van der Waals surface area contributed by atoms with Gasteiger partial charge >= 0.3 is 5.97 Å². The van der Waals surface area contributed by atoms with E-state index in [9.17, 15) is 4.79 Å². The van der Waals surface area contributed by atoms with Crippen LogP contribution in [0.4, 0.5) is 0 Å². The second-order valence-corrected chi connectivity index (χ2v) is 4.72. The maximum Gasteiger partial charge on any atom is 0.304 e. The Morgan fingerprint density at radius 3 is 2.89 bits per heavy atom. The lowest BCUT2D eigenvalue weighted by molar-refractivity contribution is -0.137. The highest BCUT2D eigenvalue weighted by atomic mass is 16.4. The van der Waals surface area contributed by atoms with E-state index >= 15 is 0 Å². The first-order valence-corrected chi connectivity index (χ1v) is 6.47. The van der Waals surface area contributed by atoms with Crippen LogP contribution >= 0.6 is 0 Å². The van der Waals surface area contributed by atoms with E-state index in [-0.39, 0.29) is 6.42 Å². The van der Waals surface area contributed by atoms with Crippen molar-refractivity contribution in [3.63, 3.8) is 0 Å². The number of imidazole rings is 1. The third kappa shape index (κ3) is 3.54. The topological polar surface area (TPSA) is 57.8 Å². The van der Waals surface area contributed by atoms with E-state index in [1.54, 1.807) is 0 Å². The molecule has 102 valence electrons. The molecule has 0 radical (unpaired) electrons. The fourth-order valence-electron chi connectivity index (χ4n) is 2.06. The number of aromatic nitrogens is 2. The Balaban J connectivity index is 2.08. The molecule has 2 aromatic heterocycles. The van der Waals surface area contributed by atoms with E-state index < -0.39 is 5.97 Å². The molecule has 2 heterocycles. The first-order valence-electron chi connectivity index (χ1n) is 6.47. The monoisotopic (exact) mass is 261 g/mol. The van der Waals surface area contributed by atoms with Gasteiger partial charge in [0.25, 0.3) is 0 Å². The average Bonchev–Trinajstić information content (AvgIpc) is 2.75. The fourth-order valence-corrected chi connectivity index (χ4v) is 2.06. The first kappa shape index (κ1) is 13.5. The van der Waals surface area contributed by atoms with E-state index in [0.717, 1.165) is 17.9 Å². The minimum Gasteiger partial charge on any atom is -0.481 e. The zero-order valence-corrected chi connectivity index (χ0v) is 11.3. The second-order valence-electron chi connectivity index (χ2n) is 4.72. The zero-order chi connectivity index (χ0) is 13.8. The summed E-state index contributed by atoms with van der Waals surface area (Å²) >= 11 is 0. The van der Waals surface area contributed by atoms with Crippen LogP contribution < -0.4 is 0 Å². The van der Waals surface area contributed by atoms with Gasteiger partial charge in [-0.05, 0) is 25.1 Å². The third-order valence-electron chi connectivity index (χ3n) is 3.12. The highest BCUT2D eigenvalue weighted by molar-refractivity contribution is 5.66. The largest absolute Gasteiger partial charge is 0.481 e. The minimum atomic E-state index is -0.760. The molecule has 0 aliphatic rings. The number of pyridine rings is 1. The number of carboxylic acid groups (broad SMARTS) is 1. The highest BCUT2D eigenvalue weighted by Gasteiger charge is 2.09. The summed E-state index contributed by atoms with van der Waals surface area (Å²) in [6, 6.07) is 4.03. The van der Waals surface area contributed by atoms with Gasteiger partial charge in [0.15, 0.2) is 0 Å². The van der Waals surface area contributed by atoms with Gasteiger partial charge in [-0.1, -0.05) is 13.0 Å². The summed E-state index contributed by atoms with van der Waals surface area (Å²) in [6.45, 7) is 6.13. The van der Waals surface area contributed by atoms with E-state index in [1.807, 2.05) is 42.8 Å². The van der Waals surface area contributed by atoms with Crippen LogP contribution in [0.5, 0.6) is 0 Å². The zero-order valence-electron chi connectivity index (χ0n) is 11.3. The molecule has 0 spiro atoms. The van der Waals surface area contributed by atoms with Crippen molar-refractivity contribution in [2.75, 3.05) is 13.1 Å². The molecule has 0 saturated heterocycles. The number of fused-ring (bicyclic) bond motifs is 1. The minimum absolute atomic E-state index is 0.167. The number of carbonyl (C=O) groups is 1. The Morgan fingerprint density at radius 2 is 2.21 bits per heavy atom. The van der Waals surface area contributed by atoms with Crippen molar-refractivity contribution in [1.29, 1.82) is 0 Å². The molecule has 5 nitrogen and oxygen atoms in total. The number of rotatable bonds is 6. The molecule has 0 aliphatic carbocycles. The van der Waals surface area contributed by atoms with Gasteiger partial charge in [-0.15, -0.1) is 0 Å². The number of aliphatic carboxylic acids is 1. The summed E-state index contributed by atoms with van der Waals surface area (Å²) in [4.78, 5) is 17.2. The predicted octanol–water partition coefficient (Wildman–Crippen LogP) is 1.94. The van der Waals surface area contributed by atoms with E-state index in [0.29, 0.717) is 13.1 Å². The Labute approximate surface area is 112 Å². The van der Waals surface area contributed by atoms with Crippen LogP contribution in [-0.2, 0) is 11.3 Å². The fraction of sp³-hybridized carbons (Fsp3) is 0.429. The lowest BCUT2D eigenvalue weighted by Crippen LogP contribution is -2.25. The quantitative estimate of drug-likeness (QED) is 0.863. The standard InChI is InChI=1S/C14H19N3O2/c1-3-16(7-6-14(18)19)9-12-10-17-8-11(2)4-5-13(17)15-12/h4-5,8,10H,3,6-7,9H2,1-2H3,(H,18,19). The van der Waals surface area contributed by atoms with E-state index in [2.05, 4.69) is 9.88 Å². The number of nitrogens with zero attached hydrogens (tertiary/aromatic N) is 3. The third-order valence-corrected chi connectivity index (χ3v) is 3.12. The molecule has 0 aliphatic heterocycles. The smallest absolute Gasteiger partial charge is 0.304 e. The molecule has 0 saturated carbocycles. The lowest BCUT2D eigenvalue weighted by Gasteiger charge is -2.17. The summed E-state index contributed by atoms with van der Waals surface area (Å²) in [5, 5.41) is 8.72. The number of carboxylic acids is 1. The molecule has 2 aromatic rings. The Bertz CT molecular complexity index is 577. The number of aryl methyl sites for hydroxylation is 1. The first-order chi connectivity index (χ1) is 9.08. The normalized spacial score (nSPS) is 11.3. The molecule has 2 rings (SSSR count). The van der Waals surface area contributed by atoms with Gasteiger partial charge in [-0.25, -0.2) is 4.98 Å². The van der Waals surface area contributed by atoms with Crippen LogP contribution in [-0.4, -0.2) is 38.4 Å². The highest BCUT2D eigenvalue weighted by Crippen LogP contribution is 2.09. The van der Waals surface area contributed by atoms with Gasteiger partial charge in [0, 0.05) is 25.5 Å². The van der Waals surface area contributed by atoms with Gasteiger partial charge in [-0.3, -0.25) is 9.69 Å². The Kier molecular flexibility index (Phi) is 4.16. The lowest BCUT2D eigenvalue weighted by atomic mass is 10.3. The maximum atomic E-state index is 10.6. The van der Waals surface area contributed by atoms with Crippen molar-refractivity contribution >= 4 is 11.6 Å². The van der Waals surface area contributed by atoms with E-state index in [4.69, 9.17) is 5.11 Å². The average molecular weight is 261 g/mol. The van der Waals surface area contributed by atoms with Crippen LogP contribution in [0, 0.1) is 6.92 Å². The maximum absolute atomic E-state index is 10.6. The van der Waals surface area contributed by atoms with Crippen molar-refractivity contribution in [2.45, 2.75) is 26.8 Å². The molecule has 0 atom stereocenters. The molecule has 0 aromatic carbocycles. The molecular formula is C14H19N3O2. The second kappa shape index (κ2) is 5.84. The van der Waals surface area contributed by atoms with Crippen LogP contribution in [0.25, 0.3) is 5.65 Å². The molecule has 19 heavy (non-hydrogen) atoms. The SMILES string of the molecule is CCN(CCC(=O)O)Cc1cn2cc(C)ccc2n1. The van der Waals surface area contributed by atoms with Crippen molar-refractivity contribution in [3.05, 3.63) is 35.8 Å². The van der Waals surface area contributed by atoms with Crippen LogP contribution in [0.3, 0.4) is 0 Å². The predicted molar refractivity (Wildman–Crippen MR) is 73.1 cm³/mol. The molecule has 0 unspecified atom stereocenters. The number of hydrogen-bond donors (Lipinski definition) is 1. The van der Waals surface area contributed by atoms with Gasteiger partial charge in [-0.2, -0.15) is 0 Å². The van der Waals surface area contributed by atoms with Gasteiger partial charge in [0.05, 0.1) is 12.1 Å². The summed E-state index contributed by atoms with van der Waals surface area (Å²) in [6.07, 6.45) is 4.21. The van der Waals surface area contributed by atoms with Crippen LogP contribution in [0.15, 0.2) is 24.5 Å². The molecule has 0 fully saturated rings. The molecule has 5 heteroatoms. The van der Waals surface area contributed by atoms with E-state index in [1.165, 1.54) is 5.56 Å². The van der Waals surface area contributed by atoms with Crippen molar-refractivity contribution in [1.82, 2.24) is 14.3 Å². The van der Waals surface area contributed by atoms with Gasteiger partial charge < -0.3 is 9.51 Å². The van der Waals surface area contributed by atoms with Crippen molar-refractivity contribution < 1.29 is 9.90 Å². The molecule has 1 N–H and O–H groups in total. The van der Waals surface area contributed by atoms with Crippen LogP contribution in [0.2, 0.25) is 0 Å². The van der Waals surface area contributed by atoms with Gasteiger partial charge in [0.1, 0.15) is 5.65 Å². The van der Waals surface area contributed by atoms with Crippen molar-refractivity contribution in [3.8, 4) is 0 Å². The molecular weight excluding hydrogens is 242 g/mol. The molecule has 0 amide bonds. The Morgan fingerprint density at radius 1 is 1.42 bits per heavy atom. The summed E-state index contributed by atoms with van der Waals surface area (Å²) in [5.74, 6) is -0.760. The summed E-state index contributed by atoms with van der Waals surface area (Å²) in [7, 11) is 0. The number of hydrogen-bond acceptors (Lipinski definition) is 3. The molecule has 0 bridgehead atoms. The summed E-state index contributed by atoms with van der Waals surface area (Å²) in [5.41, 5.74) is 3.09. The Hall–Kier alpha value is -1.88. The van der Waals surface area contributed by atoms with Crippen LogP contribution in [0.1, 0.15) is 24.6 Å². The van der Waals surface area contributed by atoms with Gasteiger partial charge in [0.2, 0.25) is 0 Å².